The Labute approximate surface area is 142 Å². The Morgan fingerprint density at radius 2 is 1.67 bits per heavy atom. The fourth-order valence-electron chi connectivity index (χ4n) is 1.95. The van der Waals surface area contributed by atoms with Crippen LogP contribution in [-0.4, -0.2) is 43.0 Å². The normalized spacial score (nSPS) is 11.4. The number of benzene rings is 1. The molecule has 1 amide bonds. The minimum absolute atomic E-state index is 0.0581. The Hall–Kier alpha value is -2.57. The molecule has 7 heteroatoms. The van der Waals surface area contributed by atoms with E-state index in [2.05, 4.69) is 20.4 Å². The second-order valence-corrected chi connectivity index (χ2v) is 6.71. The Morgan fingerprint density at radius 1 is 1.08 bits per heavy atom. The topological polar surface area (TPSA) is 81.1 Å². The van der Waals surface area contributed by atoms with Crippen LogP contribution in [0.4, 0.5) is 4.79 Å². The van der Waals surface area contributed by atoms with Crippen LogP contribution in [0.1, 0.15) is 40.4 Å². The van der Waals surface area contributed by atoms with Gasteiger partial charge in [0.15, 0.2) is 5.82 Å². The highest BCUT2D eigenvalue weighted by Gasteiger charge is 2.25. The molecule has 0 N–H and O–H groups in total. The highest BCUT2D eigenvalue weighted by atomic mass is 16.6. The summed E-state index contributed by atoms with van der Waals surface area (Å²) in [5, 5.41) is 16.4. The predicted octanol–water partition coefficient (Wildman–Crippen LogP) is 3.08. The van der Waals surface area contributed by atoms with E-state index >= 15 is 0 Å². The first kappa shape index (κ1) is 17.8. The van der Waals surface area contributed by atoms with Crippen LogP contribution in [0.25, 0.3) is 11.4 Å². The molecular weight excluding hydrogens is 306 g/mol. The van der Waals surface area contributed by atoms with E-state index in [0.29, 0.717) is 11.6 Å². The minimum atomic E-state index is -0.557. The third-order valence-electron chi connectivity index (χ3n) is 3.12. The Balaban J connectivity index is 2.11. The lowest BCUT2D eigenvalue weighted by atomic mass is 10.2. The van der Waals surface area contributed by atoms with Crippen LogP contribution in [-0.2, 0) is 11.3 Å². The molecule has 7 nitrogen and oxygen atoms in total. The van der Waals surface area contributed by atoms with Crippen LogP contribution in [0, 0.1) is 0 Å². The van der Waals surface area contributed by atoms with E-state index in [1.165, 1.54) is 0 Å². The van der Waals surface area contributed by atoms with Crippen molar-refractivity contribution in [3.05, 3.63) is 36.2 Å². The minimum Gasteiger partial charge on any atom is -0.444 e. The van der Waals surface area contributed by atoms with Gasteiger partial charge < -0.3 is 4.74 Å². The summed E-state index contributed by atoms with van der Waals surface area (Å²) in [7, 11) is 0. The number of aromatic nitrogens is 4. The van der Waals surface area contributed by atoms with Gasteiger partial charge in [0.2, 0.25) is 5.82 Å². The first-order valence-corrected chi connectivity index (χ1v) is 7.87. The first-order chi connectivity index (χ1) is 11.3. The van der Waals surface area contributed by atoms with E-state index in [1.807, 2.05) is 65.0 Å². The zero-order valence-electron chi connectivity index (χ0n) is 14.7. The molecule has 1 aromatic carbocycles. The van der Waals surface area contributed by atoms with Gasteiger partial charge in [0.05, 0.1) is 6.54 Å². The van der Waals surface area contributed by atoms with Gasteiger partial charge >= 0.3 is 6.09 Å². The molecule has 0 aliphatic rings. The maximum atomic E-state index is 12.3. The summed E-state index contributed by atoms with van der Waals surface area (Å²) in [5.41, 5.74) is 0.288. The van der Waals surface area contributed by atoms with Crippen molar-refractivity contribution in [3.63, 3.8) is 0 Å². The zero-order valence-corrected chi connectivity index (χ0v) is 14.7. The highest BCUT2D eigenvalue weighted by Crippen LogP contribution is 2.14. The molecule has 0 atom stereocenters. The summed E-state index contributed by atoms with van der Waals surface area (Å²) in [4.78, 5) is 13.8. The predicted molar refractivity (Wildman–Crippen MR) is 90.0 cm³/mol. The molecule has 0 saturated heterocycles. The number of carbonyl (C=O) groups excluding carboxylic acids is 1. The Bertz CT molecular complexity index is 666. The number of hydrogen-bond acceptors (Lipinski definition) is 6. The van der Waals surface area contributed by atoms with Crippen LogP contribution >= 0.6 is 0 Å². The summed E-state index contributed by atoms with van der Waals surface area (Å²) in [5.74, 6) is 0.821. The van der Waals surface area contributed by atoms with E-state index in [9.17, 15) is 4.79 Å². The molecule has 0 aliphatic heterocycles. The molecule has 128 valence electrons. The van der Waals surface area contributed by atoms with E-state index in [4.69, 9.17) is 4.74 Å². The third-order valence-corrected chi connectivity index (χ3v) is 3.12. The number of hydrogen-bond donors (Lipinski definition) is 0. The molecule has 1 heterocycles. The second-order valence-electron chi connectivity index (χ2n) is 6.71. The second kappa shape index (κ2) is 7.33. The van der Waals surface area contributed by atoms with Crippen LogP contribution in [0.5, 0.6) is 0 Å². The van der Waals surface area contributed by atoms with Gasteiger partial charge in [-0.05, 0) is 34.6 Å². The van der Waals surface area contributed by atoms with Gasteiger partial charge in [-0.25, -0.2) is 4.79 Å². The summed E-state index contributed by atoms with van der Waals surface area (Å²) in [6.07, 6.45) is -0.409. The van der Waals surface area contributed by atoms with E-state index in [0.717, 1.165) is 5.56 Å². The largest absolute Gasteiger partial charge is 0.444 e. The van der Waals surface area contributed by atoms with Crippen LogP contribution in [0.15, 0.2) is 30.3 Å². The fourth-order valence-corrected chi connectivity index (χ4v) is 1.95. The van der Waals surface area contributed by atoms with E-state index in [1.54, 1.807) is 4.90 Å². The van der Waals surface area contributed by atoms with Crippen molar-refractivity contribution in [2.45, 2.75) is 52.8 Å². The molecule has 0 spiro atoms. The first-order valence-electron chi connectivity index (χ1n) is 7.87. The molecule has 0 aliphatic carbocycles. The fraction of sp³-hybridized carbons (Fsp3) is 0.471. The van der Waals surface area contributed by atoms with Crippen LogP contribution in [0.2, 0.25) is 0 Å². The van der Waals surface area contributed by atoms with Crippen LogP contribution < -0.4 is 0 Å². The average molecular weight is 329 g/mol. The lowest BCUT2D eigenvalue weighted by Crippen LogP contribution is -2.41. The van der Waals surface area contributed by atoms with Crippen LogP contribution in [0.3, 0.4) is 0 Å². The van der Waals surface area contributed by atoms with Gasteiger partial charge in [-0.1, -0.05) is 30.3 Å². The van der Waals surface area contributed by atoms with Gasteiger partial charge in [-0.3, -0.25) is 4.90 Å². The van der Waals surface area contributed by atoms with Gasteiger partial charge in [0, 0.05) is 11.6 Å². The number of amides is 1. The lowest BCUT2D eigenvalue weighted by molar-refractivity contribution is 0.0165. The molecule has 0 bridgehead atoms. The molecule has 0 unspecified atom stereocenters. The molecule has 0 radical (unpaired) electrons. The maximum absolute atomic E-state index is 12.3. The summed E-state index contributed by atoms with van der Waals surface area (Å²) in [6, 6.07) is 9.43. The number of rotatable bonds is 4. The van der Waals surface area contributed by atoms with Gasteiger partial charge in [-0.2, -0.15) is 0 Å². The maximum Gasteiger partial charge on any atom is 0.410 e. The standard InChI is InChI=1S/C17H23N5O2/c1-12(2)22(16(23)24-17(3,4)5)11-14-18-20-15(21-19-14)13-9-7-6-8-10-13/h6-10,12H,11H2,1-5H3. The number of ether oxygens (including phenoxy) is 1. The molecular formula is C17H23N5O2. The summed E-state index contributed by atoms with van der Waals surface area (Å²) < 4.78 is 5.42. The lowest BCUT2D eigenvalue weighted by Gasteiger charge is -2.29. The Kier molecular flexibility index (Phi) is 5.43. The quantitative estimate of drug-likeness (QED) is 0.857. The van der Waals surface area contributed by atoms with E-state index in [-0.39, 0.29) is 12.6 Å². The average Bonchev–Trinajstić information content (AvgIpc) is 2.52. The van der Waals surface area contributed by atoms with Crippen molar-refractivity contribution in [1.82, 2.24) is 25.3 Å². The Morgan fingerprint density at radius 3 is 2.17 bits per heavy atom. The monoisotopic (exact) mass is 329 g/mol. The summed E-state index contributed by atoms with van der Waals surface area (Å²) >= 11 is 0. The van der Waals surface area contributed by atoms with E-state index < -0.39 is 11.7 Å². The third kappa shape index (κ3) is 4.97. The number of carbonyl (C=O) groups is 1. The molecule has 0 fully saturated rings. The van der Waals surface area contributed by atoms with Crippen molar-refractivity contribution in [2.75, 3.05) is 0 Å². The molecule has 2 rings (SSSR count). The van der Waals surface area contributed by atoms with Crippen molar-refractivity contribution < 1.29 is 9.53 Å². The SMILES string of the molecule is CC(C)N(Cc1nnc(-c2ccccc2)nn1)C(=O)OC(C)(C)C. The molecule has 0 saturated carbocycles. The smallest absolute Gasteiger partial charge is 0.410 e. The molecule has 1 aromatic heterocycles. The van der Waals surface area contributed by atoms with Gasteiger partial charge in [-0.15, -0.1) is 20.4 Å². The highest BCUT2D eigenvalue weighted by molar-refractivity contribution is 5.68. The number of nitrogens with zero attached hydrogens (tertiary/aromatic N) is 5. The summed E-state index contributed by atoms with van der Waals surface area (Å²) in [6.45, 7) is 9.50. The van der Waals surface area contributed by atoms with Crippen molar-refractivity contribution in [1.29, 1.82) is 0 Å². The van der Waals surface area contributed by atoms with Crippen molar-refractivity contribution in [3.8, 4) is 11.4 Å². The van der Waals surface area contributed by atoms with Crippen molar-refractivity contribution >= 4 is 6.09 Å². The van der Waals surface area contributed by atoms with Crippen molar-refractivity contribution in [2.24, 2.45) is 0 Å². The molecule has 24 heavy (non-hydrogen) atoms. The zero-order chi connectivity index (χ0) is 17.7. The van der Waals surface area contributed by atoms with Gasteiger partial charge in [0.25, 0.3) is 0 Å². The van der Waals surface area contributed by atoms with Gasteiger partial charge in [0.1, 0.15) is 5.60 Å². The molecule has 2 aromatic rings.